The number of hydrogen-bond acceptors (Lipinski definition) is 3. The maximum atomic E-state index is 8.33. The molecule has 0 aliphatic carbocycles. The molecule has 0 unspecified atom stereocenters. The summed E-state index contributed by atoms with van der Waals surface area (Å²) in [5, 5.41) is 16.7. The van der Waals surface area contributed by atoms with Crippen LogP contribution in [0.4, 0.5) is 4.79 Å². The predicted molar refractivity (Wildman–Crippen MR) is 5.40 cm³/mol. The average Bonchev–Trinajstić information content (AvgIpc) is 0.811. The molecule has 0 saturated carbocycles. The molecule has 0 heterocycles. The van der Waals surface area contributed by atoms with Crippen LogP contribution in [0, 0.1) is 0 Å². The van der Waals surface area contributed by atoms with E-state index in [1.807, 2.05) is 0 Å². The summed E-state index contributed by atoms with van der Waals surface area (Å²) >= 11 is 0. The van der Waals surface area contributed by atoms with Crippen LogP contribution in [0.5, 0.6) is 0 Å². The van der Waals surface area contributed by atoms with Crippen LogP contribution < -0.4 is 61.6 Å². The number of carboxylic acid groups (broad SMARTS) is 2. The Hall–Kier alpha value is 1.62. The van der Waals surface area contributed by atoms with Crippen LogP contribution in [0.15, 0.2) is 0 Å². The fraction of sp³-hybridized carbons (Fsp3) is 0. The molecule has 0 aromatic carbocycles. The molecule has 6 heavy (non-hydrogen) atoms. The molecule has 0 bridgehead atoms. The summed E-state index contributed by atoms with van der Waals surface area (Å²) in [6.07, 6.45) is -2.33. The fourth-order valence-corrected chi connectivity index (χ4v) is 0. The molecule has 0 fully saturated rings. The van der Waals surface area contributed by atoms with Crippen LogP contribution in [-0.2, 0) is 21.7 Å². The second-order valence-corrected chi connectivity index (χ2v) is 0.250. The summed E-state index contributed by atoms with van der Waals surface area (Å²) in [6, 6.07) is 0. The van der Waals surface area contributed by atoms with Crippen molar-refractivity contribution < 1.29 is 88.1 Å². The van der Waals surface area contributed by atoms with E-state index in [0.717, 1.165) is 0 Å². The van der Waals surface area contributed by atoms with Gasteiger partial charge in [0.05, 0.1) is 0 Å². The molecule has 0 N–H and O–H groups in total. The van der Waals surface area contributed by atoms with Crippen molar-refractivity contribution in [3.63, 3.8) is 0 Å². The molecule has 0 spiro atoms. The van der Waals surface area contributed by atoms with Gasteiger partial charge in [-0.05, 0) is 6.16 Å². The maximum Gasteiger partial charge on any atom is 4.00 e. The summed E-state index contributed by atoms with van der Waals surface area (Å²) in [5.41, 5.74) is 0. The van der Waals surface area contributed by atoms with Crippen molar-refractivity contribution >= 4 is 6.16 Å². The average molecular weight is 147 g/mol. The van der Waals surface area contributed by atoms with Crippen LogP contribution in [0.2, 0.25) is 0 Å². The molecule has 0 amide bonds. The molecule has 0 saturated heterocycles. The van der Waals surface area contributed by atoms with Crippen molar-refractivity contribution in [3.05, 3.63) is 0 Å². The Labute approximate surface area is 92.4 Å². The van der Waals surface area contributed by atoms with Gasteiger partial charge in [0.1, 0.15) is 0 Å². The van der Waals surface area contributed by atoms with Gasteiger partial charge in [-0.25, -0.2) is 0 Å². The van der Waals surface area contributed by atoms with Gasteiger partial charge in [-0.3, -0.25) is 0 Å². The Bertz CT molecular complexity index is 33.8. The summed E-state index contributed by atoms with van der Waals surface area (Å²) in [6.45, 7) is 0. The van der Waals surface area contributed by atoms with Crippen molar-refractivity contribution in [2.24, 2.45) is 0 Å². The van der Waals surface area contributed by atoms with E-state index in [0.29, 0.717) is 0 Å². The fourth-order valence-electron chi connectivity index (χ4n) is 0. The van der Waals surface area contributed by atoms with E-state index >= 15 is 0 Å². The molecule has 3 nitrogen and oxygen atoms in total. The van der Waals surface area contributed by atoms with Crippen molar-refractivity contribution in [1.82, 2.24) is 0 Å². The Balaban J connectivity index is -0.0000000450. The second-order valence-electron chi connectivity index (χ2n) is 0.250. The second kappa shape index (κ2) is 9.80. The monoisotopic (exact) mass is 147 g/mol. The van der Waals surface area contributed by atoms with Crippen molar-refractivity contribution in [2.45, 2.75) is 0 Å². The minimum atomic E-state index is -2.33. The summed E-state index contributed by atoms with van der Waals surface area (Å²) in [4.78, 5) is 8.33. The van der Waals surface area contributed by atoms with Gasteiger partial charge in [0.15, 0.2) is 0 Å². The van der Waals surface area contributed by atoms with E-state index < -0.39 is 6.16 Å². The van der Waals surface area contributed by atoms with E-state index in [-0.39, 0.29) is 73.1 Å². The van der Waals surface area contributed by atoms with E-state index in [4.69, 9.17) is 15.0 Å². The first-order valence-electron chi connectivity index (χ1n) is 0.612. The van der Waals surface area contributed by atoms with Crippen molar-refractivity contribution in [2.75, 3.05) is 0 Å². The molecule has 24 valence electrons. The maximum absolute atomic E-state index is 8.33. The third-order valence-corrected chi connectivity index (χ3v) is 0. The Morgan fingerprint density at radius 1 is 1.33 bits per heavy atom. The van der Waals surface area contributed by atoms with Crippen molar-refractivity contribution in [3.8, 4) is 0 Å². The summed E-state index contributed by atoms with van der Waals surface area (Å²) in [5.74, 6) is 0. The molecule has 0 radical (unpaired) electrons. The number of carbonyl (C=O) groups excluding carboxylic acids is 1. The first-order valence-corrected chi connectivity index (χ1v) is 0.612. The molecule has 0 aliphatic rings. The van der Waals surface area contributed by atoms with Gasteiger partial charge in [0, 0.05) is 0 Å². The smallest absolute Gasteiger partial charge is 0.652 e. The van der Waals surface area contributed by atoms with E-state index in [2.05, 4.69) is 0 Å². The minimum absolute atomic E-state index is 0. The molecular formula is CKO3Ti+3. The quantitative estimate of drug-likeness (QED) is 0.321. The van der Waals surface area contributed by atoms with Gasteiger partial charge in [0.2, 0.25) is 0 Å². The zero-order chi connectivity index (χ0) is 3.58. The SMILES string of the molecule is O=C([O-])[O-].[K+].[Ti+4]. The third kappa shape index (κ3) is 45.7. The van der Waals surface area contributed by atoms with E-state index in [9.17, 15) is 0 Å². The predicted octanol–water partition coefficient (Wildman–Crippen LogP) is -5.45. The Kier molecular flexibility index (Phi) is 25.5. The topological polar surface area (TPSA) is 63.2 Å². The summed E-state index contributed by atoms with van der Waals surface area (Å²) in [7, 11) is 0. The number of rotatable bonds is 0. The van der Waals surface area contributed by atoms with Gasteiger partial charge in [-0.15, -0.1) is 0 Å². The van der Waals surface area contributed by atoms with Crippen LogP contribution in [0.1, 0.15) is 0 Å². The first kappa shape index (κ1) is 15.6. The summed E-state index contributed by atoms with van der Waals surface area (Å²) < 4.78 is 0. The van der Waals surface area contributed by atoms with E-state index in [1.165, 1.54) is 0 Å². The Morgan fingerprint density at radius 3 is 1.33 bits per heavy atom. The zero-order valence-electron chi connectivity index (χ0n) is 3.22. The normalized spacial score (nSPS) is 4.00. The largest absolute Gasteiger partial charge is 4.00 e. The van der Waals surface area contributed by atoms with E-state index in [1.54, 1.807) is 0 Å². The minimum Gasteiger partial charge on any atom is -0.652 e. The molecule has 0 aliphatic heterocycles. The van der Waals surface area contributed by atoms with Crippen LogP contribution in [0.25, 0.3) is 0 Å². The molecule has 0 rings (SSSR count). The van der Waals surface area contributed by atoms with Crippen LogP contribution >= 0.6 is 0 Å². The van der Waals surface area contributed by atoms with Gasteiger partial charge >= 0.3 is 73.1 Å². The third-order valence-electron chi connectivity index (χ3n) is 0. The standard InChI is InChI=1S/CH2O3.K.Ti/c2-1(3)4;;/h(H2,2,3,4);;/q;+1;+4/p-2. The molecule has 0 aromatic heterocycles. The van der Waals surface area contributed by atoms with Gasteiger partial charge in [0.25, 0.3) is 0 Å². The number of hydrogen-bond donors (Lipinski definition) is 0. The van der Waals surface area contributed by atoms with Crippen LogP contribution in [0.3, 0.4) is 0 Å². The molecule has 0 aromatic rings. The molecule has 5 heteroatoms. The Morgan fingerprint density at radius 2 is 1.33 bits per heavy atom. The van der Waals surface area contributed by atoms with Gasteiger partial charge in [-0.1, -0.05) is 0 Å². The van der Waals surface area contributed by atoms with Crippen LogP contribution in [-0.4, -0.2) is 6.16 Å². The first-order chi connectivity index (χ1) is 1.73. The molecule has 0 atom stereocenters. The molecular weight excluding hydrogens is 147 g/mol. The zero-order valence-corrected chi connectivity index (χ0v) is 7.91. The van der Waals surface area contributed by atoms with Crippen molar-refractivity contribution in [1.29, 1.82) is 0 Å². The van der Waals surface area contributed by atoms with Gasteiger partial charge < -0.3 is 15.0 Å². The van der Waals surface area contributed by atoms with Gasteiger partial charge in [-0.2, -0.15) is 0 Å². The number of carbonyl (C=O) groups is 1.